The minimum Gasteiger partial charge on any atom is -0.480 e. The first-order chi connectivity index (χ1) is 20.0. The number of aliphatic imine (C=N–C) groups is 1. The molecule has 1 aromatic rings. The molecule has 17 heteroatoms. The number of aliphatic carboxylic acids is 1. The van der Waals surface area contributed by atoms with Crippen molar-refractivity contribution in [3.05, 3.63) is 23.0 Å². The number of nitrogens with one attached hydrogen (secondary N) is 3. The molecule has 0 aromatic carbocycles. The van der Waals surface area contributed by atoms with Crippen LogP contribution in [0.3, 0.4) is 0 Å². The minimum absolute atomic E-state index is 0.00489. The fourth-order valence-electron chi connectivity index (χ4n) is 3.99. The number of likely N-dealkylation sites (N-methyl/N-ethyl adjacent to an activating group) is 1. The van der Waals surface area contributed by atoms with Crippen LogP contribution in [0.4, 0.5) is 5.13 Å². The summed E-state index contributed by atoms with van der Waals surface area (Å²) in [4.78, 5) is 83.5. The summed E-state index contributed by atoms with van der Waals surface area (Å²) in [6.07, 6.45) is 1.19. The minimum atomic E-state index is -1.55. The first kappa shape index (κ1) is 36.6. The molecule has 5 amide bonds. The predicted octanol–water partition coefficient (Wildman–Crippen LogP) is -0.628. The Bertz CT molecular complexity index is 1230. The van der Waals surface area contributed by atoms with Crippen molar-refractivity contribution in [2.45, 2.75) is 71.1 Å². The molecule has 5 atom stereocenters. The summed E-state index contributed by atoms with van der Waals surface area (Å²) in [7, 11) is 1.44. The first-order valence-electron chi connectivity index (χ1n) is 13.3. The lowest BCUT2D eigenvalue weighted by molar-refractivity contribution is -0.143. The van der Waals surface area contributed by atoms with Crippen LogP contribution in [-0.4, -0.2) is 88.4 Å². The van der Waals surface area contributed by atoms with Crippen molar-refractivity contribution < 1.29 is 33.9 Å². The third kappa shape index (κ3) is 11.1. The SMILES string of the molecule is C=N/C=C(\N)CC(N)C(=O)N[C@H](C(=O)N(C)[C@H](C(=O)Nc1nc(C(=O)N[C@@H](CC(N)=O)C(=O)O)cs1)C(C)C)C(C)CC. The summed E-state index contributed by atoms with van der Waals surface area (Å²) in [6.45, 7) is 10.4. The number of thiazole rings is 1. The molecule has 0 radical (unpaired) electrons. The number of carbonyl (C=O) groups is 6. The van der Waals surface area contributed by atoms with Crippen LogP contribution in [-0.2, 0) is 24.0 Å². The molecule has 10 N–H and O–H groups in total. The number of carbonyl (C=O) groups excluding carboxylic acids is 5. The van der Waals surface area contributed by atoms with Gasteiger partial charge in [0.2, 0.25) is 23.6 Å². The van der Waals surface area contributed by atoms with E-state index in [0.29, 0.717) is 6.42 Å². The van der Waals surface area contributed by atoms with Crippen LogP contribution in [0.25, 0.3) is 0 Å². The van der Waals surface area contributed by atoms with Crippen LogP contribution >= 0.6 is 11.3 Å². The standard InChI is InChI=1S/C26H41N9O7S/c1-7-13(4)19(33-21(37)15(28)8-14(27)10-30-5)24(40)35(6)20(12(2)3)23(39)34-26-32-17(11-43-26)22(38)31-16(25(41)42)9-18(29)36/h10-13,15-16,19-20H,5,7-9,27-28H2,1-4,6H3,(H2,29,36)(H,31,38)(H,33,37)(H,41,42)(H,32,34,39)/b14-10-/t13?,15?,16-,19-,20-/m0/s1. The van der Waals surface area contributed by atoms with Crippen LogP contribution in [0.5, 0.6) is 0 Å². The highest BCUT2D eigenvalue weighted by atomic mass is 32.1. The van der Waals surface area contributed by atoms with Gasteiger partial charge in [-0.1, -0.05) is 34.1 Å². The molecule has 1 rings (SSSR count). The van der Waals surface area contributed by atoms with E-state index in [0.717, 1.165) is 11.3 Å². The molecule has 0 saturated heterocycles. The van der Waals surface area contributed by atoms with Gasteiger partial charge in [-0.05, 0) is 18.6 Å². The number of aromatic nitrogens is 1. The number of primary amides is 1. The fourth-order valence-corrected chi connectivity index (χ4v) is 4.68. The summed E-state index contributed by atoms with van der Waals surface area (Å²) in [6, 6.07) is -4.61. The Kier molecular flexibility index (Phi) is 14.4. The lowest BCUT2D eigenvalue weighted by Gasteiger charge is -2.34. The van der Waals surface area contributed by atoms with E-state index in [1.165, 1.54) is 23.5 Å². The van der Waals surface area contributed by atoms with Crippen molar-refractivity contribution >= 4 is 58.7 Å². The Morgan fingerprint density at radius 2 is 1.74 bits per heavy atom. The molecule has 0 aliphatic carbocycles. The monoisotopic (exact) mass is 623 g/mol. The van der Waals surface area contributed by atoms with E-state index in [1.807, 2.05) is 6.92 Å². The normalized spacial score (nSPS) is 14.9. The van der Waals surface area contributed by atoms with Crippen molar-refractivity contribution in [3.8, 4) is 0 Å². The van der Waals surface area contributed by atoms with E-state index in [2.05, 4.69) is 32.6 Å². The first-order valence-corrected chi connectivity index (χ1v) is 14.2. The molecule has 0 fully saturated rings. The average molecular weight is 624 g/mol. The third-order valence-corrected chi connectivity index (χ3v) is 7.22. The van der Waals surface area contributed by atoms with E-state index < -0.39 is 66.1 Å². The van der Waals surface area contributed by atoms with Crippen molar-refractivity contribution in [1.29, 1.82) is 0 Å². The Hall–Kier alpha value is -4.38. The molecule has 0 aliphatic rings. The summed E-state index contributed by atoms with van der Waals surface area (Å²) in [5, 5.41) is 17.9. The highest BCUT2D eigenvalue weighted by Gasteiger charge is 2.37. The number of amides is 5. The predicted molar refractivity (Wildman–Crippen MR) is 161 cm³/mol. The summed E-state index contributed by atoms with van der Waals surface area (Å²) in [5.41, 5.74) is 16.8. The molecule has 43 heavy (non-hydrogen) atoms. The highest BCUT2D eigenvalue weighted by Crippen LogP contribution is 2.20. The van der Waals surface area contributed by atoms with Crippen LogP contribution in [0.15, 0.2) is 22.3 Å². The average Bonchev–Trinajstić information content (AvgIpc) is 3.38. The number of hydrogen-bond acceptors (Lipinski definition) is 11. The van der Waals surface area contributed by atoms with Crippen molar-refractivity contribution in [2.75, 3.05) is 12.4 Å². The van der Waals surface area contributed by atoms with Crippen LogP contribution in [0.2, 0.25) is 0 Å². The quantitative estimate of drug-likeness (QED) is 0.108. The van der Waals surface area contributed by atoms with Gasteiger partial charge in [0.1, 0.15) is 23.8 Å². The molecule has 0 aliphatic heterocycles. The second-order valence-electron chi connectivity index (χ2n) is 10.3. The van der Waals surface area contributed by atoms with Gasteiger partial charge in [-0.25, -0.2) is 9.78 Å². The van der Waals surface area contributed by atoms with Gasteiger partial charge in [-0.2, -0.15) is 0 Å². The molecule has 2 unspecified atom stereocenters. The molecular formula is C26H41N9O7S. The molecule has 1 aromatic heterocycles. The number of nitrogens with zero attached hydrogens (tertiary/aromatic N) is 3. The summed E-state index contributed by atoms with van der Waals surface area (Å²) >= 11 is 0.897. The largest absolute Gasteiger partial charge is 0.480 e. The highest BCUT2D eigenvalue weighted by molar-refractivity contribution is 7.14. The Morgan fingerprint density at radius 1 is 1.12 bits per heavy atom. The second-order valence-corrected chi connectivity index (χ2v) is 11.1. The van der Waals surface area contributed by atoms with E-state index in [9.17, 15) is 33.9 Å². The van der Waals surface area contributed by atoms with Crippen LogP contribution in [0, 0.1) is 11.8 Å². The number of anilines is 1. The second kappa shape index (κ2) is 16.9. The van der Waals surface area contributed by atoms with Crippen molar-refractivity contribution in [1.82, 2.24) is 20.5 Å². The number of carboxylic acids is 1. The summed E-state index contributed by atoms with van der Waals surface area (Å²) in [5.74, 6) is -5.68. The Labute approximate surface area is 253 Å². The maximum atomic E-state index is 13.6. The molecular weight excluding hydrogens is 582 g/mol. The maximum absolute atomic E-state index is 13.6. The number of carboxylic acid groups (broad SMARTS) is 1. The lowest BCUT2D eigenvalue weighted by Crippen LogP contribution is -2.58. The fraction of sp³-hybridized carbons (Fsp3) is 0.538. The van der Waals surface area contributed by atoms with Gasteiger partial charge >= 0.3 is 5.97 Å². The molecule has 1 heterocycles. The zero-order chi connectivity index (χ0) is 33.0. The topological polar surface area (TPSA) is 265 Å². The van der Waals surface area contributed by atoms with Crippen molar-refractivity contribution in [2.24, 2.45) is 34.0 Å². The molecule has 0 bridgehead atoms. The Balaban J connectivity index is 3.08. The van der Waals surface area contributed by atoms with Gasteiger partial charge in [0.25, 0.3) is 5.91 Å². The van der Waals surface area contributed by atoms with Crippen LogP contribution in [0.1, 0.15) is 57.4 Å². The third-order valence-electron chi connectivity index (χ3n) is 6.47. The Morgan fingerprint density at radius 3 is 2.26 bits per heavy atom. The number of hydrogen-bond donors (Lipinski definition) is 7. The van der Waals surface area contributed by atoms with E-state index >= 15 is 0 Å². The van der Waals surface area contributed by atoms with E-state index in [4.69, 9.17) is 17.2 Å². The van der Waals surface area contributed by atoms with Crippen LogP contribution < -0.4 is 33.2 Å². The summed E-state index contributed by atoms with van der Waals surface area (Å²) < 4.78 is 0. The maximum Gasteiger partial charge on any atom is 0.326 e. The molecule has 16 nitrogen and oxygen atoms in total. The van der Waals surface area contributed by atoms with Gasteiger partial charge in [-0.15, -0.1) is 11.3 Å². The lowest BCUT2D eigenvalue weighted by atomic mass is 9.95. The van der Waals surface area contributed by atoms with E-state index in [-0.39, 0.29) is 34.8 Å². The van der Waals surface area contributed by atoms with Gasteiger partial charge in [0, 0.05) is 30.7 Å². The van der Waals surface area contributed by atoms with Gasteiger partial charge in [-0.3, -0.25) is 29.0 Å². The number of nitrogens with two attached hydrogens (primary N) is 3. The zero-order valence-electron chi connectivity index (χ0n) is 24.8. The molecule has 0 saturated carbocycles. The van der Waals surface area contributed by atoms with Gasteiger partial charge in [0.05, 0.1) is 12.5 Å². The van der Waals surface area contributed by atoms with Gasteiger partial charge in [0.15, 0.2) is 5.13 Å². The molecule has 0 spiro atoms. The van der Waals surface area contributed by atoms with Crippen molar-refractivity contribution in [3.63, 3.8) is 0 Å². The smallest absolute Gasteiger partial charge is 0.326 e. The van der Waals surface area contributed by atoms with Gasteiger partial charge < -0.3 is 43.2 Å². The number of rotatable bonds is 17. The van der Waals surface area contributed by atoms with E-state index in [1.54, 1.807) is 20.8 Å². The zero-order valence-corrected chi connectivity index (χ0v) is 25.6. The molecule has 238 valence electrons.